The monoisotopic (exact) mass is 396 g/mol. The number of aryl methyl sites for hydroxylation is 1. The summed E-state index contributed by atoms with van der Waals surface area (Å²) in [7, 11) is 0. The molecule has 2 heterocycles. The molecule has 2 aromatic heterocycles. The number of anilines is 1. The molecule has 4 rings (SSSR count). The van der Waals surface area contributed by atoms with E-state index in [1.165, 1.54) is 0 Å². The first-order chi connectivity index (χ1) is 13.1. The van der Waals surface area contributed by atoms with Crippen LogP contribution in [-0.2, 0) is 5.75 Å². The number of carbonyl (C=O) groups excluding carboxylic acids is 1. The van der Waals surface area contributed by atoms with Crippen molar-refractivity contribution in [1.82, 2.24) is 15.0 Å². The van der Waals surface area contributed by atoms with Crippen LogP contribution in [0.3, 0.4) is 0 Å². The Hall–Kier alpha value is -2.84. The second kappa shape index (κ2) is 7.42. The number of amides is 1. The maximum atomic E-state index is 12.4. The van der Waals surface area contributed by atoms with Crippen molar-refractivity contribution in [2.75, 3.05) is 5.32 Å². The second-order valence-electron chi connectivity index (χ2n) is 5.96. The van der Waals surface area contributed by atoms with Gasteiger partial charge >= 0.3 is 5.69 Å². The predicted octanol–water partition coefficient (Wildman–Crippen LogP) is 4.17. The van der Waals surface area contributed by atoms with Crippen LogP contribution >= 0.6 is 23.1 Å². The molecule has 0 aliphatic heterocycles. The quantitative estimate of drug-likeness (QED) is 0.442. The van der Waals surface area contributed by atoms with E-state index in [0.29, 0.717) is 22.3 Å². The van der Waals surface area contributed by atoms with Gasteiger partial charge in [-0.3, -0.25) is 4.79 Å². The summed E-state index contributed by atoms with van der Waals surface area (Å²) in [5.74, 6) is 0.615. The van der Waals surface area contributed by atoms with Gasteiger partial charge in [-0.05, 0) is 49.4 Å². The number of thioether (sulfide) groups is 1. The lowest BCUT2D eigenvalue weighted by atomic mass is 10.2. The van der Waals surface area contributed by atoms with E-state index >= 15 is 0 Å². The lowest BCUT2D eigenvalue weighted by molar-refractivity contribution is 0.102. The van der Waals surface area contributed by atoms with Crippen molar-refractivity contribution in [3.05, 3.63) is 74.6 Å². The highest BCUT2D eigenvalue weighted by Gasteiger charge is 2.08. The van der Waals surface area contributed by atoms with Gasteiger partial charge in [0.15, 0.2) is 0 Å². The van der Waals surface area contributed by atoms with E-state index in [0.717, 1.165) is 21.3 Å². The van der Waals surface area contributed by atoms with Gasteiger partial charge in [-0.25, -0.2) is 9.78 Å². The average Bonchev–Trinajstić information content (AvgIpc) is 3.24. The number of aromatic amines is 2. The van der Waals surface area contributed by atoms with Gasteiger partial charge < -0.3 is 15.3 Å². The molecule has 0 radical (unpaired) electrons. The highest BCUT2D eigenvalue weighted by molar-refractivity contribution is 7.98. The van der Waals surface area contributed by atoms with Crippen molar-refractivity contribution < 1.29 is 4.79 Å². The Morgan fingerprint density at radius 3 is 2.67 bits per heavy atom. The number of nitrogens with zero attached hydrogens (tertiary/aromatic N) is 1. The topological polar surface area (TPSA) is 90.6 Å². The summed E-state index contributed by atoms with van der Waals surface area (Å²) in [4.78, 5) is 34.6. The first kappa shape index (κ1) is 17.6. The Kier molecular flexibility index (Phi) is 4.83. The molecule has 0 aliphatic carbocycles. The summed E-state index contributed by atoms with van der Waals surface area (Å²) in [6, 6.07) is 12.7. The number of carbonyl (C=O) groups is 1. The van der Waals surface area contributed by atoms with Crippen LogP contribution in [0.15, 0.2) is 57.5 Å². The minimum atomic E-state index is -0.269. The fraction of sp³-hybridized carbons (Fsp3) is 0.105. The fourth-order valence-electron chi connectivity index (χ4n) is 2.65. The molecule has 0 spiro atoms. The molecule has 136 valence electrons. The maximum Gasteiger partial charge on any atom is 0.323 e. The number of nitrogens with one attached hydrogen (secondary N) is 3. The van der Waals surface area contributed by atoms with Crippen LogP contribution < -0.4 is 11.0 Å². The molecule has 4 aromatic rings. The van der Waals surface area contributed by atoms with E-state index in [4.69, 9.17) is 0 Å². The first-order valence-electron chi connectivity index (χ1n) is 8.24. The number of benzene rings is 2. The van der Waals surface area contributed by atoms with Crippen LogP contribution in [-0.4, -0.2) is 20.9 Å². The molecule has 3 N–H and O–H groups in total. The molecular formula is C19H16N4O2S2. The number of aromatic nitrogens is 3. The zero-order valence-electron chi connectivity index (χ0n) is 14.4. The molecular weight excluding hydrogens is 380 g/mol. The number of rotatable bonds is 5. The number of H-pyrrole nitrogens is 2. The van der Waals surface area contributed by atoms with Gasteiger partial charge in [-0.1, -0.05) is 0 Å². The zero-order chi connectivity index (χ0) is 18.8. The normalized spacial score (nSPS) is 11.0. The molecule has 2 aromatic carbocycles. The predicted molar refractivity (Wildman–Crippen MR) is 110 cm³/mol. The van der Waals surface area contributed by atoms with Crippen LogP contribution in [0.2, 0.25) is 0 Å². The molecule has 0 aliphatic rings. The second-order valence-corrected chi connectivity index (χ2v) is 8.08. The Morgan fingerprint density at radius 2 is 1.93 bits per heavy atom. The highest BCUT2D eigenvalue weighted by Crippen LogP contribution is 2.24. The largest absolute Gasteiger partial charge is 0.323 e. The molecule has 0 atom stereocenters. The summed E-state index contributed by atoms with van der Waals surface area (Å²) < 4.78 is 0. The summed E-state index contributed by atoms with van der Waals surface area (Å²) in [5.41, 5.74) is 3.36. The average molecular weight is 396 g/mol. The van der Waals surface area contributed by atoms with Crippen molar-refractivity contribution in [2.45, 2.75) is 17.6 Å². The van der Waals surface area contributed by atoms with Gasteiger partial charge in [0.2, 0.25) is 0 Å². The molecule has 0 bridgehead atoms. The van der Waals surface area contributed by atoms with Crippen LogP contribution in [0.25, 0.3) is 11.0 Å². The number of hydrogen-bond acceptors (Lipinski definition) is 5. The third-order valence-electron chi connectivity index (χ3n) is 3.94. The Morgan fingerprint density at radius 1 is 1.15 bits per heavy atom. The fourth-order valence-corrected chi connectivity index (χ4v) is 4.16. The first-order valence-corrected chi connectivity index (χ1v) is 10.1. The Labute approximate surface area is 163 Å². The van der Waals surface area contributed by atoms with Gasteiger partial charge in [0.1, 0.15) is 0 Å². The number of fused-ring (bicyclic) bond motifs is 1. The third kappa shape index (κ3) is 4.12. The van der Waals surface area contributed by atoms with Crippen molar-refractivity contribution in [2.24, 2.45) is 0 Å². The summed E-state index contributed by atoms with van der Waals surface area (Å²) in [5, 5.41) is 5.99. The number of imidazole rings is 1. The van der Waals surface area contributed by atoms with Crippen LogP contribution in [0.5, 0.6) is 0 Å². The van der Waals surface area contributed by atoms with E-state index in [1.807, 2.05) is 19.1 Å². The van der Waals surface area contributed by atoms with Crippen molar-refractivity contribution in [1.29, 1.82) is 0 Å². The minimum Gasteiger partial charge on any atom is -0.322 e. The molecule has 1 amide bonds. The minimum absolute atomic E-state index is 0.195. The van der Waals surface area contributed by atoms with Crippen LogP contribution in [0.4, 0.5) is 5.69 Å². The van der Waals surface area contributed by atoms with Gasteiger partial charge in [-0.2, -0.15) is 0 Å². The highest BCUT2D eigenvalue weighted by atomic mass is 32.2. The Bertz CT molecular complexity index is 1160. The molecule has 27 heavy (non-hydrogen) atoms. The van der Waals surface area contributed by atoms with Crippen molar-refractivity contribution in [3.8, 4) is 0 Å². The van der Waals surface area contributed by atoms with Crippen molar-refractivity contribution in [3.63, 3.8) is 0 Å². The Balaban J connectivity index is 1.41. The van der Waals surface area contributed by atoms with Crippen LogP contribution in [0, 0.1) is 6.92 Å². The number of thiazole rings is 1. The van der Waals surface area contributed by atoms with E-state index in [2.05, 4.69) is 25.6 Å². The van der Waals surface area contributed by atoms with Gasteiger partial charge in [0.25, 0.3) is 5.91 Å². The van der Waals surface area contributed by atoms with Gasteiger partial charge in [-0.15, -0.1) is 23.1 Å². The number of hydrogen-bond donors (Lipinski definition) is 3. The smallest absolute Gasteiger partial charge is 0.322 e. The van der Waals surface area contributed by atoms with E-state index in [9.17, 15) is 9.59 Å². The summed E-state index contributed by atoms with van der Waals surface area (Å²) in [6.45, 7) is 2.00. The van der Waals surface area contributed by atoms with E-state index < -0.39 is 0 Å². The molecule has 0 unspecified atom stereocenters. The molecule has 8 heteroatoms. The van der Waals surface area contributed by atoms with Crippen molar-refractivity contribution >= 4 is 45.7 Å². The summed E-state index contributed by atoms with van der Waals surface area (Å²) >= 11 is 3.34. The van der Waals surface area contributed by atoms with E-state index in [-0.39, 0.29) is 11.6 Å². The van der Waals surface area contributed by atoms with Gasteiger partial charge in [0.05, 0.1) is 21.7 Å². The molecule has 6 nitrogen and oxygen atoms in total. The lowest BCUT2D eigenvalue weighted by Gasteiger charge is -2.06. The third-order valence-corrected chi connectivity index (χ3v) is 5.81. The standard InChI is InChI=1S/C19H16N4O2S2/c1-11-20-14(9-26-11)10-27-15-5-2-12(3-6-15)18(24)21-13-4-7-16-17(8-13)23-19(25)22-16/h2-9H,10H2,1H3,(H,21,24)(H2,22,23,25). The summed E-state index contributed by atoms with van der Waals surface area (Å²) in [6.07, 6.45) is 0. The SMILES string of the molecule is Cc1nc(CSc2ccc(C(=O)Nc3ccc4[nH]c(=O)[nH]c4c3)cc2)cs1. The molecule has 0 saturated heterocycles. The zero-order valence-corrected chi connectivity index (χ0v) is 16.0. The molecule has 0 fully saturated rings. The molecule has 0 saturated carbocycles. The van der Waals surface area contributed by atoms with E-state index in [1.54, 1.807) is 53.4 Å². The van der Waals surface area contributed by atoms with Crippen LogP contribution in [0.1, 0.15) is 21.1 Å². The lowest BCUT2D eigenvalue weighted by Crippen LogP contribution is -2.11. The van der Waals surface area contributed by atoms with Gasteiger partial charge in [0, 0.05) is 27.3 Å². The maximum absolute atomic E-state index is 12.4.